The van der Waals surface area contributed by atoms with Crippen molar-refractivity contribution in [3.8, 4) is 12.3 Å². The van der Waals surface area contributed by atoms with Crippen LogP contribution in [0.25, 0.3) is 0 Å². The molecule has 0 heterocycles. The topological polar surface area (TPSA) is 29.1 Å². The number of nitrogens with one attached hydrogen (secondary N) is 1. The third-order valence-corrected chi connectivity index (χ3v) is 3.24. The molecule has 0 spiro atoms. The zero-order chi connectivity index (χ0) is 11.4. The average molecular weight is 195 g/mol. The molecule has 2 unspecified atom stereocenters. The molecule has 2 heteroatoms. The van der Waals surface area contributed by atoms with E-state index in [4.69, 9.17) is 6.42 Å². The lowest BCUT2D eigenvalue weighted by Crippen LogP contribution is -2.41. The van der Waals surface area contributed by atoms with E-state index in [0.29, 0.717) is 5.92 Å². The van der Waals surface area contributed by atoms with E-state index in [1.807, 2.05) is 13.8 Å². The first-order valence-electron chi connectivity index (χ1n) is 5.03. The first-order chi connectivity index (χ1) is 6.37. The lowest BCUT2D eigenvalue weighted by molar-refractivity contribution is -0.132. The van der Waals surface area contributed by atoms with Crippen LogP contribution < -0.4 is 5.32 Å². The van der Waals surface area contributed by atoms with Gasteiger partial charge in [-0.3, -0.25) is 4.79 Å². The number of carbonyl (C=O) groups is 1. The molecule has 0 fully saturated rings. The van der Waals surface area contributed by atoms with Crippen molar-refractivity contribution in [3.63, 3.8) is 0 Å². The van der Waals surface area contributed by atoms with E-state index in [1.165, 1.54) is 0 Å². The van der Waals surface area contributed by atoms with Gasteiger partial charge in [0.15, 0.2) is 0 Å². The van der Waals surface area contributed by atoms with E-state index in [9.17, 15) is 4.79 Å². The average Bonchev–Trinajstić information content (AvgIpc) is 2.15. The lowest BCUT2D eigenvalue weighted by Gasteiger charge is -2.33. The predicted octanol–water partition coefficient (Wildman–Crippen LogP) is 2.05. The summed E-state index contributed by atoms with van der Waals surface area (Å²) < 4.78 is 0. The minimum Gasteiger partial charge on any atom is -0.359 e. The van der Waals surface area contributed by atoms with Crippen LogP contribution in [0, 0.1) is 29.6 Å². The third-order valence-electron chi connectivity index (χ3n) is 3.24. The fourth-order valence-electron chi connectivity index (χ4n) is 1.60. The molecule has 0 aliphatic carbocycles. The van der Waals surface area contributed by atoms with Crippen molar-refractivity contribution < 1.29 is 4.79 Å². The molecule has 1 N–H and O–H groups in total. The second-order valence-electron chi connectivity index (χ2n) is 4.48. The highest BCUT2D eigenvalue weighted by atomic mass is 16.2. The molecule has 0 aromatic rings. The van der Waals surface area contributed by atoms with E-state index >= 15 is 0 Å². The van der Waals surface area contributed by atoms with E-state index < -0.39 is 0 Å². The van der Waals surface area contributed by atoms with Gasteiger partial charge in [0.1, 0.15) is 0 Å². The number of rotatable bonds is 4. The zero-order valence-electron chi connectivity index (χ0n) is 9.85. The van der Waals surface area contributed by atoms with Gasteiger partial charge in [0, 0.05) is 18.9 Å². The Labute approximate surface area is 87.5 Å². The highest BCUT2D eigenvalue weighted by molar-refractivity contribution is 5.81. The first-order valence-corrected chi connectivity index (χ1v) is 5.03. The van der Waals surface area contributed by atoms with Crippen LogP contribution >= 0.6 is 0 Å². The standard InChI is InChI=1S/C12H21NO/c1-7-8-9(2)10(3)12(4,5)11(14)13-6/h1,9-10H,8H2,2-6H3,(H,13,14). The maximum absolute atomic E-state index is 11.6. The molecule has 0 aliphatic rings. The van der Waals surface area contributed by atoms with Gasteiger partial charge in [-0.25, -0.2) is 0 Å². The van der Waals surface area contributed by atoms with Gasteiger partial charge in [-0.2, -0.15) is 0 Å². The molecule has 14 heavy (non-hydrogen) atoms. The zero-order valence-corrected chi connectivity index (χ0v) is 9.85. The van der Waals surface area contributed by atoms with E-state index in [1.54, 1.807) is 7.05 Å². The summed E-state index contributed by atoms with van der Waals surface area (Å²) in [7, 11) is 1.67. The van der Waals surface area contributed by atoms with E-state index in [2.05, 4.69) is 25.1 Å². The third kappa shape index (κ3) is 2.77. The summed E-state index contributed by atoms with van der Waals surface area (Å²) >= 11 is 0. The van der Waals surface area contributed by atoms with Crippen molar-refractivity contribution in [2.75, 3.05) is 7.05 Å². The molecule has 0 bridgehead atoms. The van der Waals surface area contributed by atoms with Gasteiger partial charge in [-0.1, -0.05) is 27.7 Å². The highest BCUT2D eigenvalue weighted by Gasteiger charge is 2.35. The molecular weight excluding hydrogens is 174 g/mol. The van der Waals surface area contributed by atoms with Crippen LogP contribution in [0.15, 0.2) is 0 Å². The first kappa shape index (κ1) is 13.0. The predicted molar refractivity (Wildman–Crippen MR) is 59.6 cm³/mol. The second-order valence-corrected chi connectivity index (χ2v) is 4.48. The van der Waals surface area contributed by atoms with Crippen molar-refractivity contribution in [1.29, 1.82) is 0 Å². The minimum atomic E-state index is -0.356. The fraction of sp³-hybridized carbons (Fsp3) is 0.750. The normalized spacial score (nSPS) is 15.4. The van der Waals surface area contributed by atoms with Crippen molar-refractivity contribution in [3.05, 3.63) is 0 Å². The molecule has 0 aromatic heterocycles. The largest absolute Gasteiger partial charge is 0.359 e. The van der Waals surface area contributed by atoms with Gasteiger partial charge in [0.2, 0.25) is 5.91 Å². The van der Waals surface area contributed by atoms with Gasteiger partial charge >= 0.3 is 0 Å². The Kier molecular flexibility index (Phi) is 4.70. The Morgan fingerprint density at radius 1 is 1.50 bits per heavy atom. The summed E-state index contributed by atoms with van der Waals surface area (Å²) in [6, 6.07) is 0. The van der Waals surface area contributed by atoms with Crippen LogP contribution in [0.2, 0.25) is 0 Å². The summed E-state index contributed by atoms with van der Waals surface area (Å²) in [4.78, 5) is 11.6. The summed E-state index contributed by atoms with van der Waals surface area (Å²) in [6.07, 6.45) is 5.99. The Morgan fingerprint density at radius 3 is 2.36 bits per heavy atom. The van der Waals surface area contributed by atoms with Crippen molar-refractivity contribution in [2.45, 2.75) is 34.1 Å². The maximum atomic E-state index is 11.6. The molecule has 2 atom stereocenters. The van der Waals surface area contributed by atoms with Crippen LogP contribution in [0.4, 0.5) is 0 Å². The number of amides is 1. The Morgan fingerprint density at radius 2 is 2.00 bits per heavy atom. The van der Waals surface area contributed by atoms with Crippen LogP contribution in [-0.2, 0) is 4.79 Å². The Hall–Kier alpha value is -0.970. The minimum absolute atomic E-state index is 0.0777. The van der Waals surface area contributed by atoms with Gasteiger partial charge < -0.3 is 5.32 Å². The highest BCUT2D eigenvalue weighted by Crippen LogP contribution is 2.33. The molecule has 0 aromatic carbocycles. The summed E-state index contributed by atoms with van der Waals surface area (Å²) in [5.74, 6) is 3.37. The molecule has 0 saturated carbocycles. The maximum Gasteiger partial charge on any atom is 0.225 e. The Bertz CT molecular complexity index is 237. The van der Waals surface area contributed by atoms with Crippen LogP contribution in [0.5, 0.6) is 0 Å². The number of hydrogen-bond donors (Lipinski definition) is 1. The van der Waals surface area contributed by atoms with Gasteiger partial charge in [0.25, 0.3) is 0 Å². The molecule has 2 nitrogen and oxygen atoms in total. The molecule has 80 valence electrons. The van der Waals surface area contributed by atoms with Crippen LogP contribution in [0.3, 0.4) is 0 Å². The molecule has 0 saturated heterocycles. The van der Waals surface area contributed by atoms with E-state index in [-0.39, 0.29) is 17.2 Å². The lowest BCUT2D eigenvalue weighted by atomic mass is 9.72. The van der Waals surface area contributed by atoms with Crippen molar-refractivity contribution in [2.24, 2.45) is 17.3 Å². The molecule has 0 aliphatic heterocycles. The van der Waals surface area contributed by atoms with Gasteiger partial charge in [0.05, 0.1) is 0 Å². The van der Waals surface area contributed by atoms with Gasteiger partial charge in [-0.05, 0) is 11.8 Å². The molecule has 0 rings (SSSR count). The summed E-state index contributed by atoms with van der Waals surface area (Å²) in [5, 5.41) is 2.69. The SMILES string of the molecule is C#CCC(C)C(C)C(C)(C)C(=O)NC. The van der Waals surface area contributed by atoms with Crippen LogP contribution in [-0.4, -0.2) is 13.0 Å². The number of terminal acetylenes is 1. The second kappa shape index (κ2) is 5.05. The quantitative estimate of drug-likeness (QED) is 0.683. The molecule has 1 amide bonds. The van der Waals surface area contributed by atoms with Crippen LogP contribution in [0.1, 0.15) is 34.1 Å². The van der Waals surface area contributed by atoms with E-state index in [0.717, 1.165) is 6.42 Å². The van der Waals surface area contributed by atoms with Gasteiger partial charge in [-0.15, -0.1) is 12.3 Å². The fourth-order valence-corrected chi connectivity index (χ4v) is 1.60. The monoisotopic (exact) mass is 195 g/mol. The summed E-state index contributed by atoms with van der Waals surface area (Å²) in [6.45, 7) is 8.10. The number of hydrogen-bond acceptors (Lipinski definition) is 1. The Balaban J connectivity index is 4.58. The number of carbonyl (C=O) groups excluding carboxylic acids is 1. The van der Waals surface area contributed by atoms with Crippen molar-refractivity contribution in [1.82, 2.24) is 5.32 Å². The molecule has 0 radical (unpaired) electrons. The smallest absolute Gasteiger partial charge is 0.225 e. The summed E-state index contributed by atoms with van der Waals surface area (Å²) in [5.41, 5.74) is -0.356. The molecular formula is C12H21NO. The van der Waals surface area contributed by atoms with Crippen molar-refractivity contribution >= 4 is 5.91 Å².